The molecule has 0 N–H and O–H groups in total. The van der Waals surface area contributed by atoms with Gasteiger partial charge < -0.3 is 0 Å². The second-order valence-corrected chi connectivity index (χ2v) is 4.02. The van der Waals surface area contributed by atoms with E-state index >= 15 is 0 Å². The van der Waals surface area contributed by atoms with E-state index < -0.39 is 0 Å². The number of aryl methyl sites for hydroxylation is 1. The molecule has 0 aliphatic heterocycles. The summed E-state index contributed by atoms with van der Waals surface area (Å²) in [5, 5.41) is 1.38. The van der Waals surface area contributed by atoms with Crippen molar-refractivity contribution in [3.05, 3.63) is 33.6 Å². The zero-order chi connectivity index (χ0) is 9.42. The molecule has 2 aromatic rings. The highest BCUT2D eigenvalue weighted by Gasteiger charge is 2.04. The van der Waals surface area contributed by atoms with E-state index in [4.69, 9.17) is 11.6 Å². The van der Waals surface area contributed by atoms with Crippen molar-refractivity contribution >= 4 is 38.4 Å². The van der Waals surface area contributed by atoms with Gasteiger partial charge in [-0.25, -0.2) is 9.97 Å². The molecule has 0 unspecified atom stereocenters. The Morgan fingerprint density at radius 1 is 1.31 bits per heavy atom. The molecular formula is C9H6BrClN2. The summed E-state index contributed by atoms with van der Waals surface area (Å²) in [5.41, 5.74) is 1.99. The molecule has 0 amide bonds. The molecule has 0 saturated carbocycles. The molecule has 0 aliphatic rings. The van der Waals surface area contributed by atoms with Crippen molar-refractivity contribution in [2.45, 2.75) is 6.92 Å². The van der Waals surface area contributed by atoms with Crippen molar-refractivity contribution < 1.29 is 0 Å². The Kier molecular flexibility index (Phi) is 2.22. The molecule has 0 aliphatic carbocycles. The molecule has 1 heterocycles. The Morgan fingerprint density at radius 3 is 2.85 bits per heavy atom. The first-order chi connectivity index (χ1) is 6.18. The third-order valence-corrected chi connectivity index (χ3v) is 2.69. The average Bonchev–Trinajstić information content (AvgIpc) is 2.07. The van der Waals surface area contributed by atoms with Crippen molar-refractivity contribution in [2.24, 2.45) is 0 Å². The van der Waals surface area contributed by atoms with Crippen molar-refractivity contribution in [3.63, 3.8) is 0 Å². The number of halogens is 2. The van der Waals surface area contributed by atoms with Crippen LogP contribution in [0.4, 0.5) is 0 Å². The standard InChI is InChI=1S/C9H6BrClN2/c1-5-2-6-8(7(10)3-5)12-4-13-9(6)11/h2-4H,1H3. The van der Waals surface area contributed by atoms with Crippen LogP contribution in [0.3, 0.4) is 0 Å². The van der Waals surface area contributed by atoms with Gasteiger partial charge >= 0.3 is 0 Å². The van der Waals surface area contributed by atoms with Crippen molar-refractivity contribution in [3.8, 4) is 0 Å². The van der Waals surface area contributed by atoms with Gasteiger partial charge in [0.1, 0.15) is 11.5 Å². The minimum Gasteiger partial charge on any atom is -0.235 e. The van der Waals surface area contributed by atoms with E-state index in [0.29, 0.717) is 5.15 Å². The number of nitrogens with zero attached hydrogens (tertiary/aromatic N) is 2. The summed E-state index contributed by atoms with van der Waals surface area (Å²) in [6.07, 6.45) is 1.46. The summed E-state index contributed by atoms with van der Waals surface area (Å²) < 4.78 is 0.951. The van der Waals surface area contributed by atoms with Crippen LogP contribution in [0.15, 0.2) is 22.9 Å². The van der Waals surface area contributed by atoms with Gasteiger partial charge in [-0.3, -0.25) is 0 Å². The smallest absolute Gasteiger partial charge is 0.140 e. The van der Waals surface area contributed by atoms with Crippen LogP contribution in [0.2, 0.25) is 5.15 Å². The van der Waals surface area contributed by atoms with Gasteiger partial charge in [-0.1, -0.05) is 11.6 Å². The zero-order valence-electron chi connectivity index (χ0n) is 6.88. The highest BCUT2D eigenvalue weighted by atomic mass is 79.9. The molecule has 0 bridgehead atoms. The zero-order valence-corrected chi connectivity index (χ0v) is 9.22. The molecule has 4 heteroatoms. The van der Waals surface area contributed by atoms with E-state index in [1.165, 1.54) is 6.33 Å². The minimum absolute atomic E-state index is 0.495. The second-order valence-electron chi connectivity index (χ2n) is 2.81. The third-order valence-electron chi connectivity index (χ3n) is 1.79. The molecule has 0 saturated heterocycles. The molecule has 2 nitrogen and oxygen atoms in total. The van der Waals surface area contributed by atoms with Gasteiger partial charge in [0, 0.05) is 9.86 Å². The molecule has 0 atom stereocenters. The van der Waals surface area contributed by atoms with Crippen molar-refractivity contribution in [1.29, 1.82) is 0 Å². The maximum Gasteiger partial charge on any atom is 0.140 e. The lowest BCUT2D eigenvalue weighted by atomic mass is 10.2. The summed E-state index contributed by atoms with van der Waals surface area (Å²) in [5.74, 6) is 0. The maximum absolute atomic E-state index is 5.93. The maximum atomic E-state index is 5.93. The van der Waals surface area contributed by atoms with Crippen molar-refractivity contribution in [1.82, 2.24) is 9.97 Å². The second kappa shape index (κ2) is 3.24. The fourth-order valence-electron chi connectivity index (χ4n) is 1.23. The average molecular weight is 258 g/mol. The van der Waals surface area contributed by atoms with Crippen LogP contribution in [0.25, 0.3) is 10.9 Å². The number of rotatable bonds is 0. The lowest BCUT2D eigenvalue weighted by Gasteiger charge is -2.02. The first kappa shape index (κ1) is 8.91. The summed E-state index contributed by atoms with van der Waals surface area (Å²) >= 11 is 9.36. The van der Waals surface area contributed by atoms with Crippen molar-refractivity contribution in [2.75, 3.05) is 0 Å². The van der Waals surface area contributed by atoms with Crippen LogP contribution in [0.1, 0.15) is 5.56 Å². The summed E-state index contributed by atoms with van der Waals surface area (Å²) in [7, 11) is 0. The number of aromatic nitrogens is 2. The third kappa shape index (κ3) is 1.54. The van der Waals surface area contributed by atoms with Crippen LogP contribution in [-0.2, 0) is 0 Å². The monoisotopic (exact) mass is 256 g/mol. The van der Waals surface area contributed by atoms with Gasteiger partial charge in [0.25, 0.3) is 0 Å². The largest absolute Gasteiger partial charge is 0.235 e. The molecular weight excluding hydrogens is 251 g/mol. The first-order valence-corrected chi connectivity index (χ1v) is 4.92. The van der Waals surface area contributed by atoms with Gasteiger partial charge in [-0.2, -0.15) is 0 Å². The van der Waals surface area contributed by atoms with Gasteiger partial charge in [-0.15, -0.1) is 0 Å². The summed E-state index contributed by atoms with van der Waals surface area (Å²) in [6, 6.07) is 3.98. The van der Waals surface area contributed by atoms with Crippen LogP contribution in [0.5, 0.6) is 0 Å². The van der Waals surface area contributed by atoms with Crippen LogP contribution < -0.4 is 0 Å². The molecule has 1 aromatic heterocycles. The van der Waals surface area contributed by atoms with E-state index in [9.17, 15) is 0 Å². The predicted molar refractivity (Wildman–Crippen MR) is 57.0 cm³/mol. The van der Waals surface area contributed by atoms with Gasteiger partial charge in [-0.05, 0) is 40.5 Å². The van der Waals surface area contributed by atoms with E-state index in [0.717, 1.165) is 20.9 Å². The quantitative estimate of drug-likeness (QED) is 0.676. The van der Waals surface area contributed by atoms with Crippen LogP contribution in [-0.4, -0.2) is 9.97 Å². The van der Waals surface area contributed by atoms with Gasteiger partial charge in [0.15, 0.2) is 0 Å². The number of fused-ring (bicyclic) bond motifs is 1. The number of hydrogen-bond donors (Lipinski definition) is 0. The van der Waals surface area contributed by atoms with Gasteiger partial charge in [0.2, 0.25) is 0 Å². The molecule has 13 heavy (non-hydrogen) atoms. The Balaban J connectivity index is 2.94. The molecule has 2 rings (SSSR count). The molecule has 1 aromatic carbocycles. The van der Waals surface area contributed by atoms with Crippen LogP contribution in [0, 0.1) is 6.92 Å². The predicted octanol–water partition coefficient (Wildman–Crippen LogP) is 3.35. The molecule has 0 spiro atoms. The summed E-state index contributed by atoms with van der Waals surface area (Å²) in [4.78, 5) is 8.06. The van der Waals surface area contributed by atoms with E-state index in [1.54, 1.807) is 0 Å². The lowest BCUT2D eigenvalue weighted by molar-refractivity contribution is 1.21. The minimum atomic E-state index is 0.495. The van der Waals surface area contributed by atoms with E-state index in [1.807, 2.05) is 19.1 Å². The Bertz CT molecular complexity index is 470. The lowest BCUT2D eigenvalue weighted by Crippen LogP contribution is -1.86. The summed E-state index contributed by atoms with van der Waals surface area (Å²) in [6.45, 7) is 2.01. The number of hydrogen-bond acceptors (Lipinski definition) is 2. The first-order valence-electron chi connectivity index (χ1n) is 3.75. The fraction of sp³-hybridized carbons (Fsp3) is 0.111. The normalized spacial score (nSPS) is 10.7. The topological polar surface area (TPSA) is 25.8 Å². The Hall–Kier alpha value is -0.670. The highest BCUT2D eigenvalue weighted by Crippen LogP contribution is 2.27. The molecule has 0 radical (unpaired) electrons. The fourth-order valence-corrected chi connectivity index (χ4v) is 2.09. The van der Waals surface area contributed by atoms with E-state index in [2.05, 4.69) is 25.9 Å². The Morgan fingerprint density at radius 2 is 2.08 bits per heavy atom. The Labute approximate surface area is 89.1 Å². The highest BCUT2D eigenvalue weighted by molar-refractivity contribution is 9.10. The SMILES string of the molecule is Cc1cc(Br)c2ncnc(Cl)c2c1. The molecule has 0 fully saturated rings. The molecule has 66 valence electrons. The number of benzene rings is 1. The van der Waals surface area contributed by atoms with Crippen LogP contribution >= 0.6 is 27.5 Å². The van der Waals surface area contributed by atoms with Gasteiger partial charge in [0.05, 0.1) is 5.52 Å². The van der Waals surface area contributed by atoms with E-state index in [-0.39, 0.29) is 0 Å².